The van der Waals surface area contributed by atoms with Gasteiger partial charge in [0.15, 0.2) is 5.96 Å². The van der Waals surface area contributed by atoms with Crippen molar-refractivity contribution >= 4 is 35.8 Å². The van der Waals surface area contributed by atoms with Gasteiger partial charge in [-0.1, -0.05) is 35.9 Å². The lowest BCUT2D eigenvalue weighted by Gasteiger charge is -2.14. The molecule has 25 heavy (non-hydrogen) atoms. The van der Waals surface area contributed by atoms with Crippen LogP contribution in [0.15, 0.2) is 47.5 Å². The Morgan fingerprint density at radius 2 is 1.80 bits per heavy atom. The Morgan fingerprint density at radius 3 is 2.44 bits per heavy atom. The van der Waals surface area contributed by atoms with E-state index in [1.54, 1.807) is 19.2 Å². The molecule has 5 nitrogen and oxygen atoms in total. The zero-order valence-electron chi connectivity index (χ0n) is 14.8. The number of aryl methyl sites for hydroxylation is 2. The average Bonchev–Trinajstić information content (AvgIpc) is 2.56. The number of carbonyl (C=O) groups is 1. The second-order valence-corrected chi connectivity index (χ2v) is 5.77. The molecule has 0 aliphatic rings. The number of rotatable bonds is 5. The SMILES string of the molecule is CN=C(NCc1cccc(C(N)=O)c1)NCc1ccc(C)cc1C.I. The maximum absolute atomic E-state index is 11.2. The molecule has 0 atom stereocenters. The number of aliphatic imine (C=N–C) groups is 1. The average molecular weight is 452 g/mol. The van der Waals surface area contributed by atoms with E-state index in [2.05, 4.69) is 47.7 Å². The van der Waals surface area contributed by atoms with Crippen molar-refractivity contribution in [2.45, 2.75) is 26.9 Å². The van der Waals surface area contributed by atoms with Crippen LogP contribution in [-0.4, -0.2) is 18.9 Å². The molecule has 0 unspecified atom stereocenters. The highest BCUT2D eigenvalue weighted by Gasteiger charge is 2.04. The first-order chi connectivity index (χ1) is 11.5. The molecule has 0 aromatic heterocycles. The van der Waals surface area contributed by atoms with Crippen LogP contribution < -0.4 is 16.4 Å². The van der Waals surface area contributed by atoms with Crippen LogP contribution >= 0.6 is 24.0 Å². The van der Waals surface area contributed by atoms with Gasteiger partial charge in [-0.25, -0.2) is 0 Å². The Morgan fingerprint density at radius 1 is 1.08 bits per heavy atom. The maximum Gasteiger partial charge on any atom is 0.248 e. The molecule has 0 spiro atoms. The standard InChI is InChI=1S/C19H24N4O.HI/c1-13-7-8-17(14(2)9-13)12-23-19(21-3)22-11-15-5-4-6-16(10-15)18(20)24;/h4-10H,11-12H2,1-3H3,(H2,20,24)(H2,21,22,23);1H. The number of guanidine groups is 1. The monoisotopic (exact) mass is 452 g/mol. The number of nitrogens with two attached hydrogens (primary N) is 1. The third-order valence-corrected chi connectivity index (χ3v) is 3.84. The minimum absolute atomic E-state index is 0. The van der Waals surface area contributed by atoms with Crippen LogP contribution in [0.4, 0.5) is 0 Å². The number of nitrogens with zero attached hydrogens (tertiary/aromatic N) is 1. The van der Waals surface area contributed by atoms with Crippen molar-refractivity contribution in [2.75, 3.05) is 7.05 Å². The van der Waals surface area contributed by atoms with E-state index in [0.717, 1.165) is 5.56 Å². The van der Waals surface area contributed by atoms with Crippen LogP contribution in [0, 0.1) is 13.8 Å². The van der Waals surface area contributed by atoms with E-state index < -0.39 is 5.91 Å². The van der Waals surface area contributed by atoms with E-state index in [0.29, 0.717) is 24.6 Å². The van der Waals surface area contributed by atoms with E-state index in [9.17, 15) is 4.79 Å². The number of nitrogens with one attached hydrogen (secondary N) is 2. The maximum atomic E-state index is 11.2. The number of benzene rings is 2. The normalized spacial score (nSPS) is 10.8. The van der Waals surface area contributed by atoms with E-state index in [1.807, 2.05) is 12.1 Å². The summed E-state index contributed by atoms with van der Waals surface area (Å²) in [5.41, 5.74) is 10.5. The largest absolute Gasteiger partial charge is 0.366 e. The van der Waals surface area contributed by atoms with Crippen LogP contribution in [0.2, 0.25) is 0 Å². The number of hydrogen-bond acceptors (Lipinski definition) is 2. The molecule has 2 aromatic carbocycles. The van der Waals surface area contributed by atoms with E-state index >= 15 is 0 Å². The first-order valence-corrected chi connectivity index (χ1v) is 7.89. The molecular weight excluding hydrogens is 427 g/mol. The molecule has 0 bridgehead atoms. The number of hydrogen-bond donors (Lipinski definition) is 3. The van der Waals surface area contributed by atoms with E-state index in [4.69, 9.17) is 5.73 Å². The Balaban J connectivity index is 0.00000312. The predicted molar refractivity (Wildman–Crippen MR) is 113 cm³/mol. The summed E-state index contributed by atoms with van der Waals surface area (Å²) in [6.07, 6.45) is 0. The molecule has 0 saturated heterocycles. The summed E-state index contributed by atoms with van der Waals surface area (Å²) in [7, 11) is 1.73. The van der Waals surface area contributed by atoms with Crippen molar-refractivity contribution in [3.8, 4) is 0 Å². The van der Waals surface area contributed by atoms with Gasteiger partial charge in [-0.05, 0) is 42.7 Å². The van der Waals surface area contributed by atoms with Crippen molar-refractivity contribution in [2.24, 2.45) is 10.7 Å². The van der Waals surface area contributed by atoms with E-state index in [-0.39, 0.29) is 24.0 Å². The zero-order valence-corrected chi connectivity index (χ0v) is 17.1. The zero-order chi connectivity index (χ0) is 17.5. The third-order valence-electron chi connectivity index (χ3n) is 3.84. The molecule has 6 heteroatoms. The van der Waals surface area contributed by atoms with Gasteiger partial charge in [0.25, 0.3) is 0 Å². The van der Waals surface area contributed by atoms with Crippen molar-refractivity contribution in [1.82, 2.24) is 10.6 Å². The summed E-state index contributed by atoms with van der Waals surface area (Å²) in [6.45, 7) is 5.46. The third kappa shape index (κ3) is 6.38. The number of carbonyl (C=O) groups excluding carboxylic acids is 1. The fourth-order valence-electron chi connectivity index (χ4n) is 2.46. The van der Waals surface area contributed by atoms with Gasteiger partial charge in [0.05, 0.1) is 0 Å². The first kappa shape index (κ1) is 21.0. The molecule has 4 N–H and O–H groups in total. The van der Waals surface area contributed by atoms with Crippen molar-refractivity contribution in [3.63, 3.8) is 0 Å². The summed E-state index contributed by atoms with van der Waals surface area (Å²) < 4.78 is 0. The van der Waals surface area contributed by atoms with Gasteiger partial charge >= 0.3 is 0 Å². The van der Waals surface area contributed by atoms with Gasteiger partial charge in [0.1, 0.15) is 0 Å². The van der Waals surface area contributed by atoms with Crippen LogP contribution in [0.25, 0.3) is 0 Å². The van der Waals surface area contributed by atoms with Crippen LogP contribution in [0.5, 0.6) is 0 Å². The smallest absolute Gasteiger partial charge is 0.248 e. The molecule has 0 radical (unpaired) electrons. The van der Waals surface area contributed by atoms with Crippen LogP contribution in [0.1, 0.15) is 32.6 Å². The lowest BCUT2D eigenvalue weighted by molar-refractivity contribution is 0.1000. The minimum atomic E-state index is -0.422. The van der Waals surface area contributed by atoms with Crippen molar-refractivity contribution in [3.05, 3.63) is 70.3 Å². The summed E-state index contributed by atoms with van der Waals surface area (Å²) in [4.78, 5) is 15.5. The quantitative estimate of drug-likeness (QED) is 0.371. The Labute approximate surface area is 166 Å². The highest BCUT2D eigenvalue weighted by molar-refractivity contribution is 14.0. The molecule has 0 heterocycles. The van der Waals surface area contributed by atoms with Crippen molar-refractivity contribution < 1.29 is 4.79 Å². The van der Waals surface area contributed by atoms with Gasteiger partial charge in [0.2, 0.25) is 5.91 Å². The number of halogens is 1. The van der Waals surface area contributed by atoms with Gasteiger partial charge in [-0.15, -0.1) is 24.0 Å². The summed E-state index contributed by atoms with van der Waals surface area (Å²) >= 11 is 0. The molecule has 0 saturated carbocycles. The fraction of sp³-hybridized carbons (Fsp3) is 0.263. The van der Waals surface area contributed by atoms with Gasteiger partial charge < -0.3 is 16.4 Å². The molecular formula is C19H25IN4O. The highest BCUT2D eigenvalue weighted by Crippen LogP contribution is 2.10. The predicted octanol–water partition coefficient (Wildman–Crippen LogP) is 2.89. The van der Waals surface area contributed by atoms with Gasteiger partial charge in [-0.3, -0.25) is 9.79 Å². The molecule has 2 aromatic rings. The van der Waals surface area contributed by atoms with Crippen molar-refractivity contribution in [1.29, 1.82) is 0 Å². The molecule has 0 aliphatic carbocycles. The molecule has 1 amide bonds. The second-order valence-electron chi connectivity index (χ2n) is 5.77. The fourth-order valence-corrected chi connectivity index (χ4v) is 2.46. The Bertz CT molecular complexity index is 759. The van der Waals surface area contributed by atoms with E-state index in [1.165, 1.54) is 16.7 Å². The number of primary amides is 1. The summed E-state index contributed by atoms with van der Waals surface area (Å²) in [5, 5.41) is 6.54. The summed E-state index contributed by atoms with van der Waals surface area (Å²) in [6, 6.07) is 13.7. The van der Waals surface area contributed by atoms with Crippen LogP contribution in [-0.2, 0) is 13.1 Å². The summed E-state index contributed by atoms with van der Waals surface area (Å²) in [5.74, 6) is 0.286. The van der Waals surface area contributed by atoms with Gasteiger partial charge in [-0.2, -0.15) is 0 Å². The molecule has 134 valence electrons. The Kier molecular flexibility index (Phi) is 8.40. The van der Waals surface area contributed by atoms with Crippen LogP contribution in [0.3, 0.4) is 0 Å². The van der Waals surface area contributed by atoms with Gasteiger partial charge in [0, 0.05) is 25.7 Å². The number of amides is 1. The lowest BCUT2D eigenvalue weighted by atomic mass is 10.1. The first-order valence-electron chi connectivity index (χ1n) is 7.89. The molecule has 0 fully saturated rings. The minimum Gasteiger partial charge on any atom is -0.366 e. The second kappa shape index (κ2) is 10.0. The topological polar surface area (TPSA) is 79.5 Å². The Hall–Kier alpha value is -2.09. The molecule has 2 rings (SSSR count). The highest BCUT2D eigenvalue weighted by atomic mass is 127. The lowest BCUT2D eigenvalue weighted by Crippen LogP contribution is -2.36. The molecule has 0 aliphatic heterocycles.